The number of ether oxygens (including phenoxy) is 2. The fraction of sp³-hybridized carbons (Fsp3) is 0.304. The molecule has 9 nitrogen and oxygen atoms in total. The van der Waals surface area contributed by atoms with Crippen LogP contribution in [0, 0.1) is 6.92 Å². The molecule has 0 unspecified atom stereocenters. The number of aryl methyl sites for hydroxylation is 1. The number of rotatable bonds is 4. The summed E-state index contributed by atoms with van der Waals surface area (Å²) in [5.41, 5.74) is 1.33. The fourth-order valence-electron chi connectivity index (χ4n) is 4.05. The molecule has 0 atom stereocenters. The Bertz CT molecular complexity index is 1290. The van der Waals surface area contributed by atoms with Gasteiger partial charge in [-0.05, 0) is 44.0 Å². The molecule has 2 amide bonds. The van der Waals surface area contributed by atoms with E-state index in [1.807, 2.05) is 6.92 Å². The topological polar surface area (TPSA) is 103 Å². The zero-order valence-electron chi connectivity index (χ0n) is 17.6. The van der Waals surface area contributed by atoms with Crippen LogP contribution in [-0.2, 0) is 11.3 Å². The molecule has 4 heterocycles. The minimum absolute atomic E-state index is 0.0564. The van der Waals surface area contributed by atoms with E-state index in [2.05, 4.69) is 10.3 Å². The van der Waals surface area contributed by atoms with Gasteiger partial charge in [0.15, 0.2) is 11.5 Å². The minimum Gasteiger partial charge on any atom is -0.454 e. The highest BCUT2D eigenvalue weighted by atomic mass is 16.7. The first-order valence-corrected chi connectivity index (χ1v) is 10.5. The lowest BCUT2D eigenvalue weighted by Crippen LogP contribution is -2.33. The number of benzene rings is 1. The van der Waals surface area contributed by atoms with Crippen LogP contribution in [0.25, 0.3) is 11.0 Å². The standard InChI is InChI=1S/C23H22N4O5/c1-14-4-6-16-21(29)17(23(30)26-8-2-3-9-26)11-27(22(16)24-14)12-20(28)25-15-5-7-18-19(10-15)32-13-31-18/h4-7,10-11H,2-3,8-9,12-13H2,1H3,(H,25,28). The van der Waals surface area contributed by atoms with Gasteiger partial charge in [0.2, 0.25) is 18.1 Å². The Morgan fingerprint density at radius 1 is 1.09 bits per heavy atom. The van der Waals surface area contributed by atoms with Crippen molar-refractivity contribution in [2.45, 2.75) is 26.3 Å². The Morgan fingerprint density at radius 2 is 1.88 bits per heavy atom. The number of carbonyl (C=O) groups is 2. The van der Waals surface area contributed by atoms with E-state index in [4.69, 9.17) is 9.47 Å². The summed E-state index contributed by atoms with van der Waals surface area (Å²) in [4.78, 5) is 45.0. The lowest BCUT2D eigenvalue weighted by Gasteiger charge is -2.17. The second kappa shape index (κ2) is 7.99. The maximum absolute atomic E-state index is 13.0. The third-order valence-electron chi connectivity index (χ3n) is 5.65. The van der Waals surface area contributed by atoms with E-state index in [0.717, 1.165) is 12.8 Å². The van der Waals surface area contributed by atoms with Crippen molar-refractivity contribution in [2.24, 2.45) is 0 Å². The van der Waals surface area contributed by atoms with Crippen molar-refractivity contribution in [3.8, 4) is 11.5 Å². The minimum atomic E-state index is -0.364. The van der Waals surface area contributed by atoms with E-state index in [-0.39, 0.29) is 36.1 Å². The molecule has 1 aromatic carbocycles. The molecular formula is C23H22N4O5. The van der Waals surface area contributed by atoms with E-state index in [1.54, 1.807) is 39.8 Å². The third-order valence-corrected chi connectivity index (χ3v) is 5.65. The summed E-state index contributed by atoms with van der Waals surface area (Å²) in [5.74, 6) is 0.558. The summed E-state index contributed by atoms with van der Waals surface area (Å²) in [6.45, 7) is 3.11. The molecule has 2 aliphatic rings. The van der Waals surface area contributed by atoms with E-state index in [9.17, 15) is 14.4 Å². The molecule has 0 bridgehead atoms. The summed E-state index contributed by atoms with van der Waals surface area (Å²) < 4.78 is 12.2. The van der Waals surface area contributed by atoms with Crippen molar-refractivity contribution in [3.63, 3.8) is 0 Å². The molecule has 1 saturated heterocycles. The van der Waals surface area contributed by atoms with Gasteiger partial charge < -0.3 is 24.3 Å². The molecule has 2 aromatic heterocycles. The van der Waals surface area contributed by atoms with Gasteiger partial charge in [-0.3, -0.25) is 14.4 Å². The van der Waals surface area contributed by atoms with Crippen LogP contribution in [0.2, 0.25) is 0 Å². The number of aromatic nitrogens is 2. The van der Waals surface area contributed by atoms with Gasteiger partial charge in [-0.25, -0.2) is 4.98 Å². The number of pyridine rings is 2. The predicted octanol–water partition coefficient (Wildman–Crippen LogP) is 2.31. The van der Waals surface area contributed by atoms with Gasteiger partial charge in [-0.2, -0.15) is 0 Å². The largest absolute Gasteiger partial charge is 0.454 e. The van der Waals surface area contributed by atoms with Crippen molar-refractivity contribution < 1.29 is 19.1 Å². The zero-order valence-corrected chi connectivity index (χ0v) is 17.6. The van der Waals surface area contributed by atoms with E-state index < -0.39 is 0 Å². The molecule has 164 valence electrons. The number of fused-ring (bicyclic) bond motifs is 2. The SMILES string of the molecule is Cc1ccc2c(=O)c(C(=O)N3CCCC3)cn(CC(=O)Nc3ccc4c(c3)OCO4)c2n1. The summed E-state index contributed by atoms with van der Waals surface area (Å²) in [5, 5.41) is 3.14. The predicted molar refractivity (Wildman–Crippen MR) is 117 cm³/mol. The van der Waals surface area contributed by atoms with Crippen LogP contribution in [0.4, 0.5) is 5.69 Å². The number of hydrogen-bond acceptors (Lipinski definition) is 6. The molecular weight excluding hydrogens is 412 g/mol. The van der Waals surface area contributed by atoms with Crippen LogP contribution in [0.3, 0.4) is 0 Å². The number of nitrogens with zero attached hydrogens (tertiary/aromatic N) is 3. The Balaban J connectivity index is 1.48. The van der Waals surface area contributed by atoms with Gasteiger partial charge in [-0.1, -0.05) is 0 Å². The Kier molecular flexibility index (Phi) is 5.01. The number of amides is 2. The lowest BCUT2D eigenvalue weighted by atomic mass is 10.1. The van der Waals surface area contributed by atoms with Crippen molar-refractivity contribution in [1.29, 1.82) is 0 Å². The van der Waals surface area contributed by atoms with Crippen molar-refractivity contribution in [3.05, 3.63) is 58.0 Å². The molecule has 5 rings (SSSR count). The zero-order chi connectivity index (χ0) is 22.2. The van der Waals surface area contributed by atoms with Crippen molar-refractivity contribution >= 4 is 28.5 Å². The number of hydrogen-bond donors (Lipinski definition) is 1. The highest BCUT2D eigenvalue weighted by molar-refractivity contribution is 5.98. The molecule has 0 aliphatic carbocycles. The average molecular weight is 434 g/mol. The van der Waals surface area contributed by atoms with Gasteiger partial charge in [0.25, 0.3) is 5.91 Å². The first-order chi connectivity index (χ1) is 15.5. The summed E-state index contributed by atoms with van der Waals surface area (Å²) in [6, 6.07) is 8.52. The number of anilines is 1. The van der Waals surface area contributed by atoms with Gasteiger partial charge >= 0.3 is 0 Å². The lowest BCUT2D eigenvalue weighted by molar-refractivity contribution is -0.116. The van der Waals surface area contributed by atoms with Crippen LogP contribution < -0.4 is 20.2 Å². The van der Waals surface area contributed by atoms with Crippen LogP contribution in [0.15, 0.2) is 41.3 Å². The van der Waals surface area contributed by atoms with Crippen LogP contribution in [0.5, 0.6) is 11.5 Å². The maximum Gasteiger partial charge on any atom is 0.259 e. The molecule has 0 radical (unpaired) electrons. The van der Waals surface area contributed by atoms with Crippen LogP contribution in [0.1, 0.15) is 28.9 Å². The van der Waals surface area contributed by atoms with Crippen molar-refractivity contribution in [2.75, 3.05) is 25.2 Å². The Hall–Kier alpha value is -3.88. The van der Waals surface area contributed by atoms with E-state index in [0.29, 0.717) is 47.0 Å². The number of nitrogens with one attached hydrogen (secondary N) is 1. The first-order valence-electron chi connectivity index (χ1n) is 10.5. The molecule has 1 fully saturated rings. The van der Waals surface area contributed by atoms with Crippen LogP contribution >= 0.6 is 0 Å². The third kappa shape index (κ3) is 3.66. The monoisotopic (exact) mass is 434 g/mol. The fourth-order valence-corrected chi connectivity index (χ4v) is 4.05. The van der Waals surface area contributed by atoms with E-state index >= 15 is 0 Å². The van der Waals surface area contributed by atoms with Gasteiger partial charge in [-0.15, -0.1) is 0 Å². The molecule has 2 aliphatic heterocycles. The Morgan fingerprint density at radius 3 is 2.69 bits per heavy atom. The second-order valence-electron chi connectivity index (χ2n) is 7.94. The molecule has 0 saturated carbocycles. The molecule has 1 N–H and O–H groups in total. The highest BCUT2D eigenvalue weighted by Gasteiger charge is 2.24. The second-order valence-corrected chi connectivity index (χ2v) is 7.94. The Labute approximate surface area is 183 Å². The quantitative estimate of drug-likeness (QED) is 0.676. The van der Waals surface area contributed by atoms with Crippen LogP contribution in [-0.4, -0.2) is 46.1 Å². The van der Waals surface area contributed by atoms with Crippen molar-refractivity contribution in [1.82, 2.24) is 14.5 Å². The van der Waals surface area contributed by atoms with Gasteiger partial charge in [0, 0.05) is 36.7 Å². The molecule has 3 aromatic rings. The van der Waals surface area contributed by atoms with Gasteiger partial charge in [0.05, 0.1) is 5.39 Å². The number of carbonyl (C=O) groups excluding carboxylic acids is 2. The van der Waals surface area contributed by atoms with Gasteiger partial charge in [0.1, 0.15) is 17.8 Å². The highest BCUT2D eigenvalue weighted by Crippen LogP contribution is 2.34. The summed E-state index contributed by atoms with van der Waals surface area (Å²) in [6.07, 6.45) is 3.30. The number of likely N-dealkylation sites (tertiary alicyclic amines) is 1. The first kappa shape index (κ1) is 20.0. The molecule has 0 spiro atoms. The summed E-state index contributed by atoms with van der Waals surface area (Å²) in [7, 11) is 0. The average Bonchev–Trinajstić information content (AvgIpc) is 3.47. The smallest absolute Gasteiger partial charge is 0.259 e. The summed E-state index contributed by atoms with van der Waals surface area (Å²) >= 11 is 0. The molecule has 9 heteroatoms. The van der Waals surface area contributed by atoms with E-state index in [1.165, 1.54) is 6.20 Å². The maximum atomic E-state index is 13.0. The normalized spacial score (nSPS) is 14.7. The molecule has 32 heavy (non-hydrogen) atoms.